The van der Waals surface area contributed by atoms with Gasteiger partial charge in [-0.25, -0.2) is 12.8 Å². The number of ether oxygens (including phenoxy) is 1. The third kappa shape index (κ3) is 4.97. The number of amides is 1. The van der Waals surface area contributed by atoms with Crippen molar-refractivity contribution in [1.82, 2.24) is 15.3 Å². The molecular formula is C23H20ClFN4O4S. The Morgan fingerprint density at radius 1 is 1.21 bits per heavy atom. The van der Waals surface area contributed by atoms with E-state index in [4.69, 9.17) is 16.3 Å². The Hall–Kier alpha value is -3.63. The second kappa shape index (κ2) is 9.70. The van der Waals surface area contributed by atoms with Gasteiger partial charge in [0.05, 0.1) is 24.6 Å². The number of aromatic amines is 1. The Kier molecular flexibility index (Phi) is 6.71. The third-order valence-electron chi connectivity index (χ3n) is 5.12. The highest BCUT2D eigenvalue weighted by Crippen LogP contribution is 2.27. The van der Waals surface area contributed by atoms with E-state index in [2.05, 4.69) is 20.0 Å². The number of hydrogen-bond donors (Lipinski definition) is 3. The van der Waals surface area contributed by atoms with Gasteiger partial charge in [-0.3, -0.25) is 14.5 Å². The molecule has 2 aromatic heterocycles. The van der Waals surface area contributed by atoms with Crippen LogP contribution in [-0.4, -0.2) is 37.9 Å². The van der Waals surface area contributed by atoms with E-state index in [-0.39, 0.29) is 16.3 Å². The van der Waals surface area contributed by atoms with Crippen LogP contribution in [0.5, 0.6) is 5.75 Å². The van der Waals surface area contributed by atoms with E-state index in [1.807, 2.05) is 0 Å². The van der Waals surface area contributed by atoms with Crippen molar-refractivity contribution in [1.29, 1.82) is 0 Å². The third-order valence-corrected chi connectivity index (χ3v) is 6.77. The van der Waals surface area contributed by atoms with Gasteiger partial charge < -0.3 is 15.0 Å². The lowest BCUT2D eigenvalue weighted by Crippen LogP contribution is -2.26. The summed E-state index contributed by atoms with van der Waals surface area (Å²) in [5, 5.41) is 3.52. The Morgan fingerprint density at radius 3 is 2.79 bits per heavy atom. The largest absolute Gasteiger partial charge is 0.495 e. The summed E-state index contributed by atoms with van der Waals surface area (Å²) in [5.41, 5.74) is 1.79. The number of pyridine rings is 1. The molecule has 0 saturated heterocycles. The number of H-pyrrole nitrogens is 1. The summed E-state index contributed by atoms with van der Waals surface area (Å²) in [6.07, 6.45) is 5.39. The van der Waals surface area contributed by atoms with Gasteiger partial charge in [-0.05, 0) is 54.4 Å². The number of fused-ring (bicyclic) bond motifs is 1. The summed E-state index contributed by atoms with van der Waals surface area (Å²) < 4.78 is 47.3. The van der Waals surface area contributed by atoms with E-state index in [0.717, 1.165) is 17.7 Å². The molecule has 2 heterocycles. The van der Waals surface area contributed by atoms with Crippen molar-refractivity contribution in [2.75, 3.05) is 18.4 Å². The van der Waals surface area contributed by atoms with E-state index < -0.39 is 26.6 Å². The zero-order valence-electron chi connectivity index (χ0n) is 17.9. The van der Waals surface area contributed by atoms with Crippen LogP contribution < -0.4 is 14.8 Å². The number of carbonyl (C=O) groups is 1. The minimum atomic E-state index is -4.26. The second-order valence-electron chi connectivity index (χ2n) is 7.34. The van der Waals surface area contributed by atoms with Gasteiger partial charge in [-0.2, -0.15) is 0 Å². The fraction of sp³-hybridized carbons (Fsp3) is 0.130. The molecule has 4 aromatic rings. The molecule has 3 N–H and O–H groups in total. The molecule has 0 radical (unpaired) electrons. The molecular weight excluding hydrogens is 483 g/mol. The summed E-state index contributed by atoms with van der Waals surface area (Å²) in [6, 6.07) is 9.73. The standard InChI is InChI=1S/C23H20ClFN4O4S/c1-33-21-13-26-7-4-14(21)5-8-28-23(30)18-11-16(12-20-17(18)6-9-27-20)29-34(31,32)22-3-2-15(24)10-19(22)25/h2-4,6-7,9-13,27,29H,5,8H2,1H3,(H,28,30). The summed E-state index contributed by atoms with van der Waals surface area (Å²) in [7, 11) is -2.72. The van der Waals surface area contributed by atoms with Crippen LogP contribution in [-0.2, 0) is 16.4 Å². The average Bonchev–Trinajstić information content (AvgIpc) is 3.26. The van der Waals surface area contributed by atoms with Gasteiger partial charge in [0.25, 0.3) is 15.9 Å². The number of sulfonamides is 1. The molecule has 34 heavy (non-hydrogen) atoms. The number of anilines is 1. The maximum atomic E-state index is 14.2. The molecule has 0 fully saturated rings. The quantitative estimate of drug-likeness (QED) is 0.335. The molecule has 176 valence electrons. The van der Waals surface area contributed by atoms with Gasteiger partial charge >= 0.3 is 0 Å². The van der Waals surface area contributed by atoms with Crippen molar-refractivity contribution in [3.05, 3.63) is 83.0 Å². The zero-order valence-corrected chi connectivity index (χ0v) is 19.5. The number of halogens is 2. The first-order valence-electron chi connectivity index (χ1n) is 10.1. The van der Waals surface area contributed by atoms with Crippen LogP contribution in [0.15, 0.2) is 66.0 Å². The van der Waals surface area contributed by atoms with E-state index >= 15 is 0 Å². The number of methoxy groups -OCH3 is 1. The average molecular weight is 503 g/mol. The number of benzene rings is 2. The topological polar surface area (TPSA) is 113 Å². The fourth-order valence-electron chi connectivity index (χ4n) is 3.52. The first-order chi connectivity index (χ1) is 16.3. The predicted molar refractivity (Wildman–Crippen MR) is 127 cm³/mol. The lowest BCUT2D eigenvalue weighted by Gasteiger charge is -2.12. The zero-order chi connectivity index (χ0) is 24.3. The van der Waals surface area contributed by atoms with E-state index in [0.29, 0.717) is 29.6 Å². The summed E-state index contributed by atoms with van der Waals surface area (Å²) >= 11 is 5.72. The summed E-state index contributed by atoms with van der Waals surface area (Å²) in [6.45, 7) is 0.317. The first kappa shape index (κ1) is 23.5. The highest BCUT2D eigenvalue weighted by molar-refractivity contribution is 7.92. The van der Waals surface area contributed by atoms with E-state index in [1.54, 1.807) is 37.8 Å². The monoisotopic (exact) mass is 502 g/mol. The highest BCUT2D eigenvalue weighted by atomic mass is 35.5. The van der Waals surface area contributed by atoms with Crippen LogP contribution in [0.3, 0.4) is 0 Å². The Labute approximate surface area is 200 Å². The van der Waals surface area contributed by atoms with Crippen LogP contribution in [0.25, 0.3) is 10.9 Å². The number of aromatic nitrogens is 2. The highest BCUT2D eigenvalue weighted by Gasteiger charge is 2.21. The molecule has 4 rings (SSSR count). The molecule has 0 spiro atoms. The van der Waals surface area contributed by atoms with Crippen LogP contribution >= 0.6 is 11.6 Å². The minimum Gasteiger partial charge on any atom is -0.495 e. The Balaban J connectivity index is 1.56. The molecule has 11 heteroatoms. The molecule has 0 aliphatic carbocycles. The van der Waals surface area contributed by atoms with Crippen molar-refractivity contribution < 1.29 is 22.3 Å². The van der Waals surface area contributed by atoms with Crippen molar-refractivity contribution in [3.8, 4) is 5.75 Å². The van der Waals surface area contributed by atoms with Gasteiger partial charge in [-0.15, -0.1) is 0 Å². The Morgan fingerprint density at radius 2 is 2.03 bits per heavy atom. The maximum absolute atomic E-state index is 14.2. The molecule has 0 bridgehead atoms. The normalized spacial score (nSPS) is 11.4. The molecule has 0 saturated carbocycles. The van der Waals surface area contributed by atoms with Crippen LogP contribution in [0.4, 0.5) is 10.1 Å². The predicted octanol–water partition coefficient (Wildman–Crippen LogP) is 4.14. The molecule has 0 aliphatic rings. The van der Waals surface area contributed by atoms with Crippen molar-refractivity contribution in [3.63, 3.8) is 0 Å². The number of nitrogens with zero attached hydrogens (tertiary/aromatic N) is 1. The molecule has 0 unspecified atom stereocenters. The summed E-state index contributed by atoms with van der Waals surface area (Å²) in [5.74, 6) is -0.752. The van der Waals surface area contributed by atoms with Gasteiger partial charge in [0.1, 0.15) is 16.5 Å². The van der Waals surface area contributed by atoms with E-state index in [1.165, 1.54) is 18.2 Å². The van der Waals surface area contributed by atoms with Gasteiger partial charge in [0, 0.05) is 34.9 Å². The van der Waals surface area contributed by atoms with Crippen molar-refractivity contribution in [2.24, 2.45) is 0 Å². The first-order valence-corrected chi connectivity index (χ1v) is 12.0. The fourth-order valence-corrected chi connectivity index (χ4v) is 4.78. The summed E-state index contributed by atoms with van der Waals surface area (Å²) in [4.78, 5) is 19.4. The lowest BCUT2D eigenvalue weighted by molar-refractivity contribution is 0.0955. The number of carbonyl (C=O) groups excluding carboxylic acids is 1. The smallest absolute Gasteiger partial charge is 0.264 e. The van der Waals surface area contributed by atoms with Crippen LogP contribution in [0.2, 0.25) is 5.02 Å². The van der Waals surface area contributed by atoms with E-state index in [9.17, 15) is 17.6 Å². The number of nitrogens with one attached hydrogen (secondary N) is 3. The Bertz CT molecular complexity index is 1470. The number of hydrogen-bond acceptors (Lipinski definition) is 5. The van der Waals surface area contributed by atoms with Gasteiger partial charge in [-0.1, -0.05) is 11.6 Å². The molecule has 2 aromatic carbocycles. The van der Waals surface area contributed by atoms with Crippen molar-refractivity contribution in [2.45, 2.75) is 11.3 Å². The van der Waals surface area contributed by atoms with Crippen LogP contribution in [0.1, 0.15) is 15.9 Å². The lowest BCUT2D eigenvalue weighted by atomic mass is 10.1. The maximum Gasteiger partial charge on any atom is 0.264 e. The number of rotatable bonds is 8. The second-order valence-corrected chi connectivity index (χ2v) is 9.42. The van der Waals surface area contributed by atoms with Gasteiger partial charge in [0.15, 0.2) is 0 Å². The minimum absolute atomic E-state index is 0.0765. The molecule has 0 aliphatic heterocycles. The molecule has 0 atom stereocenters. The van der Waals surface area contributed by atoms with Crippen LogP contribution in [0, 0.1) is 5.82 Å². The van der Waals surface area contributed by atoms with Gasteiger partial charge in [0.2, 0.25) is 0 Å². The van der Waals surface area contributed by atoms with Crippen molar-refractivity contribution >= 4 is 44.1 Å². The SMILES string of the molecule is COc1cnccc1CCNC(=O)c1cc(NS(=O)(=O)c2ccc(Cl)cc2F)cc2[nH]ccc12. The molecule has 8 nitrogen and oxygen atoms in total. The molecule has 1 amide bonds.